The van der Waals surface area contributed by atoms with Crippen LogP contribution < -0.4 is 22.1 Å². The fourth-order valence-electron chi connectivity index (χ4n) is 1.36. The summed E-state index contributed by atoms with van der Waals surface area (Å²) < 4.78 is 0. The summed E-state index contributed by atoms with van der Waals surface area (Å²) >= 11 is 0. The maximum absolute atomic E-state index is 5.67. The minimum Gasteiger partial charge on any atom is -0.316 e. The Morgan fingerprint density at radius 3 is 2.40 bits per heavy atom. The van der Waals surface area contributed by atoms with Gasteiger partial charge in [0.25, 0.3) is 0 Å². The van der Waals surface area contributed by atoms with E-state index in [1.54, 1.807) is 0 Å². The number of hydrogen-bond acceptors (Lipinski definition) is 4. The van der Waals surface area contributed by atoms with Crippen molar-refractivity contribution >= 4 is 0 Å². The van der Waals surface area contributed by atoms with E-state index >= 15 is 0 Å². The summed E-state index contributed by atoms with van der Waals surface area (Å²) in [5.41, 5.74) is 11.3. The Balaban J connectivity index is 2.51. The van der Waals surface area contributed by atoms with Gasteiger partial charge in [0.15, 0.2) is 0 Å². The molecule has 2 atom stereocenters. The summed E-state index contributed by atoms with van der Waals surface area (Å²) in [6, 6.07) is 0. The molecule has 1 aliphatic heterocycles. The van der Waals surface area contributed by atoms with Crippen LogP contribution in [0.2, 0.25) is 0 Å². The summed E-state index contributed by atoms with van der Waals surface area (Å²) in [4.78, 5) is 0. The van der Waals surface area contributed by atoms with Gasteiger partial charge in [0.2, 0.25) is 0 Å². The van der Waals surface area contributed by atoms with Crippen LogP contribution in [-0.2, 0) is 0 Å². The summed E-state index contributed by atoms with van der Waals surface area (Å²) in [5, 5.41) is 6.15. The third-order valence-corrected chi connectivity index (χ3v) is 1.67. The first-order valence-corrected chi connectivity index (χ1v) is 3.54. The summed E-state index contributed by atoms with van der Waals surface area (Å²) in [7, 11) is 0. The van der Waals surface area contributed by atoms with Gasteiger partial charge in [0.1, 0.15) is 6.29 Å². The molecule has 2 unspecified atom stereocenters. The molecule has 10 heavy (non-hydrogen) atoms. The second-order valence-electron chi connectivity index (χ2n) is 3.48. The third-order valence-electron chi connectivity index (χ3n) is 1.67. The van der Waals surface area contributed by atoms with E-state index in [9.17, 15) is 0 Å². The Kier molecular flexibility index (Phi) is 1.96. The van der Waals surface area contributed by atoms with Crippen LogP contribution in [0.25, 0.3) is 0 Å². The van der Waals surface area contributed by atoms with Gasteiger partial charge in [0.05, 0.1) is 6.17 Å². The Bertz CT molecular complexity index is 111. The molecule has 1 heterocycles. The molecule has 0 bridgehead atoms. The van der Waals surface area contributed by atoms with Gasteiger partial charge < -0.3 is 11.5 Å². The first-order valence-electron chi connectivity index (χ1n) is 3.54. The highest BCUT2D eigenvalue weighted by atomic mass is 15.3. The van der Waals surface area contributed by atoms with E-state index < -0.39 is 0 Å². The Morgan fingerprint density at radius 2 is 2.00 bits per heavy atom. The Labute approximate surface area is 61.3 Å². The zero-order chi connectivity index (χ0) is 7.78. The predicted octanol–water partition coefficient (Wildman–Crippen LogP) is -1.12. The van der Waals surface area contributed by atoms with E-state index in [0.29, 0.717) is 0 Å². The molecule has 0 aromatic heterocycles. The van der Waals surface area contributed by atoms with Crippen molar-refractivity contribution in [1.82, 2.24) is 10.6 Å². The van der Waals surface area contributed by atoms with Gasteiger partial charge >= 0.3 is 0 Å². The largest absolute Gasteiger partial charge is 0.316 e. The maximum atomic E-state index is 5.67. The number of rotatable bonds is 0. The van der Waals surface area contributed by atoms with Gasteiger partial charge in [-0.15, -0.1) is 0 Å². The van der Waals surface area contributed by atoms with Crippen LogP contribution in [0, 0.1) is 0 Å². The molecule has 4 nitrogen and oxygen atoms in total. The average molecular weight is 144 g/mol. The van der Waals surface area contributed by atoms with Crippen LogP contribution in [0.15, 0.2) is 0 Å². The zero-order valence-corrected chi connectivity index (χ0v) is 6.52. The van der Waals surface area contributed by atoms with Crippen molar-refractivity contribution in [3.8, 4) is 0 Å². The minimum atomic E-state index is -0.168. The van der Waals surface area contributed by atoms with E-state index in [1.165, 1.54) is 0 Å². The second kappa shape index (κ2) is 2.47. The van der Waals surface area contributed by atoms with Gasteiger partial charge in [-0.25, -0.2) is 0 Å². The highest BCUT2D eigenvalue weighted by Crippen LogP contribution is 2.12. The van der Waals surface area contributed by atoms with Gasteiger partial charge in [-0.05, 0) is 20.3 Å². The molecular formula is C6H16N4. The van der Waals surface area contributed by atoms with Crippen LogP contribution in [-0.4, -0.2) is 18.0 Å². The van der Waals surface area contributed by atoms with Crippen molar-refractivity contribution in [3.63, 3.8) is 0 Å². The van der Waals surface area contributed by atoms with Crippen LogP contribution in [0.1, 0.15) is 20.3 Å². The van der Waals surface area contributed by atoms with Crippen LogP contribution >= 0.6 is 0 Å². The minimum absolute atomic E-state index is 0.0197. The standard InChI is InChI=1S/C6H16N4/c1-6(2)3-4(7)9-5(8)10-6/h4-5,9-10H,3,7-8H2,1-2H3. The lowest BCUT2D eigenvalue weighted by atomic mass is 9.97. The van der Waals surface area contributed by atoms with E-state index in [4.69, 9.17) is 11.5 Å². The number of hydrogen-bond donors (Lipinski definition) is 4. The van der Waals surface area contributed by atoms with Crippen LogP contribution in [0.4, 0.5) is 0 Å². The summed E-state index contributed by atoms with van der Waals surface area (Å²) in [6.45, 7) is 4.18. The SMILES string of the molecule is CC1(C)CC(N)NC(N)N1. The molecule has 1 aliphatic rings. The molecule has 0 aromatic rings. The zero-order valence-electron chi connectivity index (χ0n) is 6.52. The molecule has 1 rings (SSSR count). The smallest absolute Gasteiger partial charge is 0.110 e. The first-order chi connectivity index (χ1) is 4.49. The molecule has 0 spiro atoms. The van der Waals surface area contributed by atoms with Crippen molar-refractivity contribution in [3.05, 3.63) is 0 Å². The highest BCUT2D eigenvalue weighted by Gasteiger charge is 2.28. The topological polar surface area (TPSA) is 76.1 Å². The normalized spacial score (nSPS) is 39.6. The van der Waals surface area contributed by atoms with Gasteiger partial charge in [-0.1, -0.05) is 0 Å². The van der Waals surface area contributed by atoms with Crippen molar-refractivity contribution in [2.75, 3.05) is 0 Å². The van der Waals surface area contributed by atoms with Crippen molar-refractivity contribution in [1.29, 1.82) is 0 Å². The maximum Gasteiger partial charge on any atom is 0.110 e. The number of nitrogens with two attached hydrogens (primary N) is 2. The molecule has 0 amide bonds. The van der Waals surface area contributed by atoms with Crippen molar-refractivity contribution < 1.29 is 0 Å². The van der Waals surface area contributed by atoms with Gasteiger partial charge in [-0.2, -0.15) is 0 Å². The van der Waals surface area contributed by atoms with E-state index in [0.717, 1.165) is 6.42 Å². The fourth-order valence-corrected chi connectivity index (χ4v) is 1.36. The molecule has 0 aliphatic carbocycles. The molecular weight excluding hydrogens is 128 g/mol. The van der Waals surface area contributed by atoms with Crippen LogP contribution in [0.3, 0.4) is 0 Å². The van der Waals surface area contributed by atoms with E-state index in [1.807, 2.05) is 0 Å². The molecule has 0 radical (unpaired) electrons. The third kappa shape index (κ3) is 1.91. The molecule has 6 N–H and O–H groups in total. The lowest BCUT2D eigenvalue weighted by Gasteiger charge is -2.39. The molecule has 1 saturated heterocycles. The van der Waals surface area contributed by atoms with Crippen LogP contribution in [0.5, 0.6) is 0 Å². The first kappa shape index (κ1) is 7.94. The summed E-state index contributed by atoms with van der Waals surface area (Å²) in [5.74, 6) is 0. The van der Waals surface area contributed by atoms with Gasteiger partial charge in [0, 0.05) is 5.54 Å². The monoisotopic (exact) mass is 144 g/mol. The molecule has 60 valence electrons. The lowest BCUT2D eigenvalue weighted by Crippen LogP contribution is -2.68. The molecule has 4 heteroatoms. The highest BCUT2D eigenvalue weighted by molar-refractivity contribution is 4.88. The van der Waals surface area contributed by atoms with Gasteiger partial charge in [-0.3, -0.25) is 10.6 Å². The molecule has 1 fully saturated rings. The quantitative estimate of drug-likeness (QED) is 0.347. The Morgan fingerprint density at radius 1 is 1.40 bits per heavy atom. The van der Waals surface area contributed by atoms with E-state index in [2.05, 4.69) is 24.5 Å². The summed E-state index contributed by atoms with van der Waals surface area (Å²) in [6.07, 6.45) is 0.755. The van der Waals surface area contributed by atoms with Crippen molar-refractivity contribution in [2.24, 2.45) is 11.5 Å². The number of nitrogens with one attached hydrogen (secondary N) is 2. The van der Waals surface area contributed by atoms with E-state index in [-0.39, 0.29) is 18.0 Å². The molecule has 0 saturated carbocycles. The predicted molar refractivity (Wildman–Crippen MR) is 40.9 cm³/mol. The lowest BCUT2D eigenvalue weighted by molar-refractivity contribution is 0.188. The fraction of sp³-hybridized carbons (Fsp3) is 1.00. The van der Waals surface area contributed by atoms with Crippen molar-refractivity contribution in [2.45, 2.75) is 38.3 Å². The average Bonchev–Trinajstić information content (AvgIpc) is 1.54. The Hall–Kier alpha value is -0.160. The second-order valence-corrected chi connectivity index (χ2v) is 3.48. The molecule has 0 aromatic carbocycles.